The van der Waals surface area contributed by atoms with Gasteiger partial charge < -0.3 is 0 Å². The number of benzene rings is 1. The number of nitrogens with two attached hydrogens (primary N) is 1. The lowest BCUT2D eigenvalue weighted by molar-refractivity contribution is 0.0952. The molecule has 0 aliphatic carbocycles. The van der Waals surface area contributed by atoms with E-state index in [1.165, 1.54) is 0 Å². The first kappa shape index (κ1) is 14.0. The number of hydrogen-bond donors (Lipinski definition) is 2. The topological polar surface area (TPSA) is 71.2 Å². The minimum atomic E-state index is -0.234. The number of rotatable bonds is 2. The van der Waals surface area contributed by atoms with Gasteiger partial charge in [-0.3, -0.25) is 20.1 Å². The zero-order valence-electron chi connectivity index (χ0n) is 12.4. The Morgan fingerprint density at radius 1 is 1.48 bits per heavy atom. The molecule has 1 aliphatic heterocycles. The highest BCUT2D eigenvalue weighted by molar-refractivity contribution is 6.07. The van der Waals surface area contributed by atoms with Crippen molar-refractivity contribution >= 4 is 16.8 Å². The number of aromatic nitrogens is 1. The van der Waals surface area contributed by atoms with Crippen molar-refractivity contribution in [3.8, 4) is 0 Å². The Balaban J connectivity index is 2.29. The van der Waals surface area contributed by atoms with E-state index in [9.17, 15) is 4.79 Å². The van der Waals surface area contributed by atoms with E-state index < -0.39 is 0 Å². The van der Waals surface area contributed by atoms with Gasteiger partial charge in [-0.25, -0.2) is 5.84 Å². The molecule has 5 nitrogen and oxygen atoms in total. The molecule has 0 bridgehead atoms. The molecule has 1 aromatic carbocycles. The van der Waals surface area contributed by atoms with Crippen LogP contribution in [0.1, 0.15) is 34.1 Å². The van der Waals surface area contributed by atoms with Crippen LogP contribution in [-0.2, 0) is 13.0 Å². The van der Waals surface area contributed by atoms with Crippen molar-refractivity contribution in [2.75, 3.05) is 13.1 Å². The molecule has 110 valence electrons. The summed E-state index contributed by atoms with van der Waals surface area (Å²) in [5.41, 5.74) is 6.98. The average molecular weight is 284 g/mol. The quantitative estimate of drug-likeness (QED) is 0.498. The Kier molecular flexibility index (Phi) is 3.61. The van der Waals surface area contributed by atoms with Gasteiger partial charge in [0.2, 0.25) is 0 Å². The molecule has 5 heteroatoms. The number of amides is 1. The van der Waals surface area contributed by atoms with Crippen molar-refractivity contribution in [1.29, 1.82) is 0 Å². The number of nitrogen functional groups attached to an aromatic ring is 1. The average Bonchev–Trinajstić information content (AvgIpc) is 2.51. The second-order valence-corrected chi connectivity index (χ2v) is 5.52. The van der Waals surface area contributed by atoms with E-state index in [1.807, 2.05) is 25.1 Å². The van der Waals surface area contributed by atoms with Crippen LogP contribution in [0.4, 0.5) is 0 Å². The zero-order chi connectivity index (χ0) is 15.0. The highest BCUT2D eigenvalue weighted by atomic mass is 16.2. The summed E-state index contributed by atoms with van der Waals surface area (Å²) in [6, 6.07) is 6.01. The maximum atomic E-state index is 12.3. The van der Waals surface area contributed by atoms with Gasteiger partial charge in [-0.15, -0.1) is 0 Å². The Bertz CT molecular complexity index is 711. The third-order valence-corrected chi connectivity index (χ3v) is 4.18. The molecule has 0 atom stereocenters. The SMILES string of the molecule is CCN1CCc2nc3ccc(C)cc3c(C(=O)NN)c2C1. The fraction of sp³-hybridized carbons (Fsp3) is 0.375. The maximum Gasteiger partial charge on any atom is 0.266 e. The number of carbonyl (C=O) groups excluding carboxylic acids is 1. The summed E-state index contributed by atoms with van der Waals surface area (Å²) in [5.74, 6) is 5.17. The van der Waals surface area contributed by atoms with Crippen molar-refractivity contribution in [3.05, 3.63) is 40.6 Å². The molecule has 0 saturated carbocycles. The summed E-state index contributed by atoms with van der Waals surface area (Å²) in [4.78, 5) is 19.4. The molecule has 0 unspecified atom stereocenters. The lowest BCUT2D eigenvalue weighted by atomic mass is 9.94. The Labute approximate surface area is 124 Å². The molecular formula is C16H20N4O. The summed E-state index contributed by atoms with van der Waals surface area (Å²) in [7, 11) is 0. The van der Waals surface area contributed by atoms with Gasteiger partial charge in [0.05, 0.1) is 11.1 Å². The number of hydrazine groups is 1. The Hall–Kier alpha value is -1.98. The standard InChI is InChI=1S/C16H20N4O/c1-3-20-7-6-14-12(9-20)15(16(21)19-17)11-8-10(2)4-5-13(11)18-14/h4-5,8H,3,6-7,9,17H2,1-2H3,(H,19,21). The summed E-state index contributed by atoms with van der Waals surface area (Å²) in [5, 5.41) is 0.884. The number of hydrogen-bond acceptors (Lipinski definition) is 4. The van der Waals surface area contributed by atoms with Gasteiger partial charge in [0.15, 0.2) is 0 Å². The van der Waals surface area contributed by atoms with Gasteiger partial charge in [-0.1, -0.05) is 18.6 Å². The van der Waals surface area contributed by atoms with E-state index in [-0.39, 0.29) is 5.91 Å². The largest absolute Gasteiger partial charge is 0.299 e. The maximum absolute atomic E-state index is 12.3. The molecule has 21 heavy (non-hydrogen) atoms. The number of aryl methyl sites for hydroxylation is 1. The Morgan fingerprint density at radius 3 is 3.00 bits per heavy atom. The first-order valence-electron chi connectivity index (χ1n) is 7.29. The van der Waals surface area contributed by atoms with Crippen molar-refractivity contribution < 1.29 is 4.79 Å². The number of carbonyl (C=O) groups is 1. The number of likely N-dealkylation sites (N-methyl/N-ethyl adjacent to an activating group) is 1. The first-order valence-corrected chi connectivity index (χ1v) is 7.29. The Morgan fingerprint density at radius 2 is 2.29 bits per heavy atom. The summed E-state index contributed by atoms with van der Waals surface area (Å²) >= 11 is 0. The molecule has 2 heterocycles. The molecule has 1 amide bonds. The zero-order valence-corrected chi connectivity index (χ0v) is 12.4. The fourth-order valence-corrected chi connectivity index (χ4v) is 3.01. The van der Waals surface area contributed by atoms with Crippen LogP contribution in [-0.4, -0.2) is 28.9 Å². The summed E-state index contributed by atoms with van der Waals surface area (Å²) < 4.78 is 0. The summed E-state index contributed by atoms with van der Waals surface area (Å²) in [6.45, 7) is 6.85. The number of pyridine rings is 1. The number of nitrogens with zero attached hydrogens (tertiary/aromatic N) is 2. The second kappa shape index (κ2) is 5.42. The van der Waals surface area contributed by atoms with Crippen LogP contribution < -0.4 is 11.3 Å². The molecule has 0 saturated heterocycles. The van der Waals surface area contributed by atoms with E-state index in [0.717, 1.165) is 53.8 Å². The smallest absolute Gasteiger partial charge is 0.266 e. The van der Waals surface area contributed by atoms with Crippen LogP contribution in [0, 0.1) is 6.92 Å². The van der Waals surface area contributed by atoms with E-state index in [4.69, 9.17) is 10.8 Å². The van der Waals surface area contributed by atoms with Gasteiger partial charge >= 0.3 is 0 Å². The molecule has 0 spiro atoms. The van der Waals surface area contributed by atoms with Crippen LogP contribution in [0.3, 0.4) is 0 Å². The molecule has 2 aromatic rings. The van der Waals surface area contributed by atoms with Crippen LogP contribution in [0.2, 0.25) is 0 Å². The van der Waals surface area contributed by atoms with Gasteiger partial charge in [0.25, 0.3) is 5.91 Å². The molecule has 0 fully saturated rings. The summed E-state index contributed by atoms with van der Waals surface area (Å²) in [6.07, 6.45) is 0.873. The minimum Gasteiger partial charge on any atom is -0.299 e. The number of nitrogens with one attached hydrogen (secondary N) is 1. The fourth-order valence-electron chi connectivity index (χ4n) is 3.01. The predicted molar refractivity (Wildman–Crippen MR) is 82.8 cm³/mol. The van der Waals surface area contributed by atoms with E-state index >= 15 is 0 Å². The minimum absolute atomic E-state index is 0.234. The van der Waals surface area contributed by atoms with Gasteiger partial charge in [0, 0.05) is 36.2 Å². The molecule has 1 aliphatic rings. The first-order chi connectivity index (χ1) is 10.1. The van der Waals surface area contributed by atoms with Crippen molar-refractivity contribution in [2.45, 2.75) is 26.8 Å². The van der Waals surface area contributed by atoms with Crippen LogP contribution >= 0.6 is 0 Å². The van der Waals surface area contributed by atoms with Gasteiger partial charge in [-0.2, -0.15) is 0 Å². The molecular weight excluding hydrogens is 264 g/mol. The molecule has 1 aromatic heterocycles. The van der Waals surface area contributed by atoms with Crippen molar-refractivity contribution in [2.24, 2.45) is 5.84 Å². The third-order valence-electron chi connectivity index (χ3n) is 4.18. The van der Waals surface area contributed by atoms with Crippen molar-refractivity contribution in [1.82, 2.24) is 15.3 Å². The highest BCUT2D eigenvalue weighted by Crippen LogP contribution is 2.28. The van der Waals surface area contributed by atoms with Gasteiger partial charge in [-0.05, 0) is 25.6 Å². The molecule has 3 rings (SSSR count). The lowest BCUT2D eigenvalue weighted by Crippen LogP contribution is -2.36. The lowest BCUT2D eigenvalue weighted by Gasteiger charge is -2.29. The third kappa shape index (κ3) is 2.39. The van der Waals surface area contributed by atoms with E-state index in [0.29, 0.717) is 5.56 Å². The van der Waals surface area contributed by atoms with Crippen LogP contribution in [0.25, 0.3) is 10.9 Å². The normalized spacial score (nSPS) is 15.0. The number of fused-ring (bicyclic) bond motifs is 2. The molecule has 0 radical (unpaired) electrons. The van der Waals surface area contributed by atoms with Crippen LogP contribution in [0.5, 0.6) is 0 Å². The van der Waals surface area contributed by atoms with Crippen LogP contribution in [0.15, 0.2) is 18.2 Å². The van der Waals surface area contributed by atoms with Gasteiger partial charge in [0.1, 0.15) is 0 Å². The highest BCUT2D eigenvalue weighted by Gasteiger charge is 2.24. The second-order valence-electron chi connectivity index (χ2n) is 5.52. The molecule has 3 N–H and O–H groups in total. The van der Waals surface area contributed by atoms with E-state index in [2.05, 4.69) is 17.2 Å². The predicted octanol–water partition coefficient (Wildman–Crippen LogP) is 1.52. The monoisotopic (exact) mass is 284 g/mol. The van der Waals surface area contributed by atoms with Crippen molar-refractivity contribution in [3.63, 3.8) is 0 Å². The van der Waals surface area contributed by atoms with E-state index in [1.54, 1.807) is 0 Å².